The fourth-order valence-corrected chi connectivity index (χ4v) is 1.78. The molecule has 5 nitrogen and oxygen atoms in total. The lowest BCUT2D eigenvalue weighted by molar-refractivity contribution is 0.0597. The predicted molar refractivity (Wildman–Crippen MR) is 74.8 cm³/mol. The lowest BCUT2D eigenvalue weighted by Gasteiger charge is -2.08. The first kappa shape index (κ1) is 16.6. The summed E-state index contributed by atoms with van der Waals surface area (Å²) in [5.74, 6) is 0.550. The summed E-state index contributed by atoms with van der Waals surface area (Å²) in [4.78, 5) is 11.5. The van der Waals surface area contributed by atoms with Gasteiger partial charge in [0.25, 0.3) is 0 Å². The van der Waals surface area contributed by atoms with Crippen LogP contribution in [0, 0.1) is 5.41 Å². The SMILES string of the molecule is COC(=O)c1cc(CSC(=N)N)ccc1OC.Cl. The highest BCUT2D eigenvalue weighted by atomic mass is 35.5. The second kappa shape index (κ2) is 7.84. The molecule has 0 saturated carbocycles. The van der Waals surface area contributed by atoms with Gasteiger partial charge in [-0.2, -0.15) is 0 Å². The number of hydrogen-bond acceptors (Lipinski definition) is 5. The van der Waals surface area contributed by atoms with Crippen LogP contribution in [0.4, 0.5) is 0 Å². The van der Waals surface area contributed by atoms with Crippen LogP contribution in [-0.2, 0) is 10.5 Å². The van der Waals surface area contributed by atoms with Crippen molar-refractivity contribution in [1.82, 2.24) is 0 Å². The number of rotatable bonds is 4. The van der Waals surface area contributed by atoms with Crippen molar-refractivity contribution in [2.75, 3.05) is 14.2 Å². The van der Waals surface area contributed by atoms with Crippen LogP contribution >= 0.6 is 24.2 Å². The minimum absolute atomic E-state index is 0. The molecule has 0 heterocycles. The molecule has 18 heavy (non-hydrogen) atoms. The van der Waals surface area contributed by atoms with Crippen molar-refractivity contribution in [1.29, 1.82) is 5.41 Å². The minimum atomic E-state index is -0.448. The van der Waals surface area contributed by atoms with Crippen molar-refractivity contribution in [3.05, 3.63) is 29.3 Å². The number of hydrogen-bond donors (Lipinski definition) is 2. The first-order valence-corrected chi connectivity index (χ1v) is 5.79. The average Bonchev–Trinajstić information content (AvgIpc) is 2.34. The van der Waals surface area contributed by atoms with E-state index in [1.807, 2.05) is 6.07 Å². The second-order valence-electron chi connectivity index (χ2n) is 3.18. The van der Waals surface area contributed by atoms with E-state index in [0.29, 0.717) is 17.1 Å². The van der Waals surface area contributed by atoms with Gasteiger partial charge in [-0.25, -0.2) is 4.79 Å². The summed E-state index contributed by atoms with van der Waals surface area (Å²) in [5.41, 5.74) is 6.50. The van der Waals surface area contributed by atoms with E-state index >= 15 is 0 Å². The summed E-state index contributed by atoms with van der Waals surface area (Å²) in [7, 11) is 2.81. The van der Waals surface area contributed by atoms with Crippen LogP contribution in [0.1, 0.15) is 15.9 Å². The number of carbonyl (C=O) groups is 1. The number of ether oxygens (including phenoxy) is 2. The van der Waals surface area contributed by atoms with Gasteiger partial charge >= 0.3 is 5.97 Å². The van der Waals surface area contributed by atoms with E-state index in [1.54, 1.807) is 12.1 Å². The molecule has 0 atom stereocenters. The first-order valence-electron chi connectivity index (χ1n) is 4.80. The van der Waals surface area contributed by atoms with E-state index in [0.717, 1.165) is 5.56 Å². The molecule has 3 N–H and O–H groups in total. The highest BCUT2D eigenvalue weighted by molar-refractivity contribution is 8.13. The molecule has 1 rings (SSSR count). The topological polar surface area (TPSA) is 85.4 Å². The summed E-state index contributed by atoms with van der Waals surface area (Å²) < 4.78 is 9.74. The number of carbonyl (C=O) groups excluding carboxylic acids is 1. The molecule has 0 unspecified atom stereocenters. The second-order valence-corrected chi connectivity index (χ2v) is 4.20. The summed E-state index contributed by atoms with van der Waals surface area (Å²) in [5, 5.41) is 7.16. The van der Waals surface area contributed by atoms with E-state index in [-0.39, 0.29) is 17.6 Å². The lowest BCUT2D eigenvalue weighted by Crippen LogP contribution is -2.06. The lowest BCUT2D eigenvalue weighted by atomic mass is 10.1. The molecule has 0 fully saturated rings. The standard InChI is InChI=1S/C11H14N2O3S.ClH/c1-15-9-4-3-7(6-17-11(12)13)5-8(9)10(14)16-2;/h3-5H,6H2,1-2H3,(H3,12,13);1H. The van der Waals surface area contributed by atoms with E-state index in [4.69, 9.17) is 15.9 Å². The minimum Gasteiger partial charge on any atom is -0.496 e. The zero-order chi connectivity index (χ0) is 12.8. The Morgan fingerprint density at radius 1 is 1.44 bits per heavy atom. The average molecular weight is 291 g/mol. The van der Waals surface area contributed by atoms with Gasteiger partial charge in [-0.1, -0.05) is 17.8 Å². The van der Waals surface area contributed by atoms with Gasteiger partial charge in [-0.05, 0) is 17.7 Å². The molecule has 0 spiro atoms. The predicted octanol–water partition coefficient (Wildman–Crippen LogP) is 2.03. The number of nitrogens with two attached hydrogens (primary N) is 1. The van der Waals surface area contributed by atoms with Crippen LogP contribution in [-0.4, -0.2) is 25.4 Å². The molecule has 0 aliphatic rings. The highest BCUT2D eigenvalue weighted by Gasteiger charge is 2.13. The Labute approximate surface area is 116 Å². The Hall–Kier alpha value is -1.40. The van der Waals surface area contributed by atoms with Crippen LogP contribution in [0.15, 0.2) is 18.2 Å². The Morgan fingerprint density at radius 2 is 2.11 bits per heavy atom. The molecule has 100 valence electrons. The largest absolute Gasteiger partial charge is 0.496 e. The number of nitrogens with one attached hydrogen (secondary N) is 1. The molecular weight excluding hydrogens is 276 g/mol. The Balaban J connectivity index is 0.00000289. The van der Waals surface area contributed by atoms with Crippen molar-refractivity contribution in [3.63, 3.8) is 0 Å². The number of amidine groups is 1. The maximum absolute atomic E-state index is 11.5. The van der Waals surface area contributed by atoms with Gasteiger partial charge in [0.1, 0.15) is 11.3 Å². The van der Waals surface area contributed by atoms with Gasteiger partial charge in [0, 0.05) is 5.75 Å². The van der Waals surface area contributed by atoms with Crippen molar-refractivity contribution in [3.8, 4) is 5.75 Å². The van der Waals surface area contributed by atoms with Gasteiger partial charge in [0.2, 0.25) is 0 Å². The zero-order valence-electron chi connectivity index (χ0n) is 10.1. The Morgan fingerprint density at radius 3 is 2.61 bits per heavy atom. The molecule has 1 aromatic carbocycles. The summed E-state index contributed by atoms with van der Waals surface area (Å²) in [6, 6.07) is 5.20. The van der Waals surface area contributed by atoms with Crippen LogP contribution in [0.3, 0.4) is 0 Å². The molecule has 0 aromatic heterocycles. The molecule has 0 aliphatic heterocycles. The van der Waals surface area contributed by atoms with E-state index in [2.05, 4.69) is 4.74 Å². The number of thioether (sulfide) groups is 1. The fraction of sp³-hybridized carbons (Fsp3) is 0.273. The quantitative estimate of drug-likeness (QED) is 0.503. The molecule has 0 saturated heterocycles. The first-order chi connectivity index (χ1) is 8.08. The van der Waals surface area contributed by atoms with E-state index < -0.39 is 5.97 Å². The normalized spacial score (nSPS) is 9.22. The number of halogens is 1. The monoisotopic (exact) mass is 290 g/mol. The van der Waals surface area contributed by atoms with E-state index in [9.17, 15) is 4.79 Å². The van der Waals surface area contributed by atoms with Gasteiger partial charge < -0.3 is 15.2 Å². The molecule has 0 bridgehead atoms. The number of esters is 1. The van der Waals surface area contributed by atoms with Crippen LogP contribution in [0.25, 0.3) is 0 Å². The summed E-state index contributed by atoms with van der Waals surface area (Å²) in [6.45, 7) is 0. The third-order valence-corrected chi connectivity index (χ3v) is 2.85. The van der Waals surface area contributed by atoms with Crippen molar-refractivity contribution < 1.29 is 14.3 Å². The number of methoxy groups -OCH3 is 2. The highest BCUT2D eigenvalue weighted by Crippen LogP contribution is 2.23. The molecule has 0 radical (unpaired) electrons. The summed E-state index contributed by atoms with van der Waals surface area (Å²) in [6.07, 6.45) is 0. The molecule has 7 heteroatoms. The third-order valence-electron chi connectivity index (χ3n) is 2.06. The van der Waals surface area contributed by atoms with Crippen molar-refractivity contribution in [2.45, 2.75) is 5.75 Å². The van der Waals surface area contributed by atoms with Gasteiger partial charge in [-0.3, -0.25) is 5.41 Å². The van der Waals surface area contributed by atoms with Crippen LogP contribution in [0.2, 0.25) is 0 Å². The Kier molecular flexibility index (Phi) is 7.23. The molecule has 1 aromatic rings. The fourth-order valence-electron chi connectivity index (χ4n) is 1.28. The van der Waals surface area contributed by atoms with Crippen LogP contribution < -0.4 is 10.5 Å². The maximum Gasteiger partial charge on any atom is 0.341 e. The smallest absolute Gasteiger partial charge is 0.341 e. The maximum atomic E-state index is 11.5. The summed E-state index contributed by atoms with van der Waals surface area (Å²) >= 11 is 1.19. The van der Waals surface area contributed by atoms with Gasteiger partial charge in [-0.15, -0.1) is 12.4 Å². The van der Waals surface area contributed by atoms with Crippen molar-refractivity contribution in [2.24, 2.45) is 5.73 Å². The number of benzene rings is 1. The Bertz CT molecular complexity index is 440. The van der Waals surface area contributed by atoms with Crippen molar-refractivity contribution >= 4 is 35.3 Å². The zero-order valence-corrected chi connectivity index (χ0v) is 11.7. The molecule has 0 aliphatic carbocycles. The van der Waals surface area contributed by atoms with Gasteiger partial charge in [0.05, 0.1) is 14.2 Å². The van der Waals surface area contributed by atoms with Gasteiger partial charge in [0.15, 0.2) is 5.17 Å². The third kappa shape index (κ3) is 4.46. The molecular formula is C11H15ClN2O3S. The molecule has 0 amide bonds. The van der Waals surface area contributed by atoms with E-state index in [1.165, 1.54) is 26.0 Å². The van der Waals surface area contributed by atoms with Crippen LogP contribution in [0.5, 0.6) is 5.75 Å².